The molecule has 1 aliphatic rings. The van der Waals surface area contributed by atoms with E-state index in [4.69, 9.17) is 9.47 Å². The van der Waals surface area contributed by atoms with Gasteiger partial charge in [0.1, 0.15) is 11.5 Å². The van der Waals surface area contributed by atoms with Crippen molar-refractivity contribution in [1.29, 1.82) is 0 Å². The predicted molar refractivity (Wildman–Crippen MR) is 62.1 cm³/mol. The van der Waals surface area contributed by atoms with Crippen LogP contribution in [0.1, 0.15) is 37.5 Å². The highest BCUT2D eigenvalue weighted by Crippen LogP contribution is 2.51. The van der Waals surface area contributed by atoms with Crippen molar-refractivity contribution in [2.75, 3.05) is 14.2 Å². The summed E-state index contributed by atoms with van der Waals surface area (Å²) in [6.45, 7) is 4.23. The molecule has 0 fully saturated rings. The average Bonchev–Trinajstić information content (AvgIpc) is 2.49. The Labute approximate surface area is 96.0 Å². The third kappa shape index (κ3) is 1.47. The molecule has 0 aromatic heterocycles. The molecule has 0 bridgehead atoms. The van der Waals surface area contributed by atoms with Gasteiger partial charge in [-0.05, 0) is 24.0 Å². The molecule has 16 heavy (non-hydrogen) atoms. The van der Waals surface area contributed by atoms with Gasteiger partial charge in [0, 0.05) is 11.1 Å². The monoisotopic (exact) mass is 222 g/mol. The van der Waals surface area contributed by atoms with Gasteiger partial charge in [0.15, 0.2) is 0 Å². The first-order valence-electron chi connectivity index (χ1n) is 5.44. The number of fused-ring (bicyclic) bond motifs is 1. The van der Waals surface area contributed by atoms with Crippen LogP contribution in [0.15, 0.2) is 12.1 Å². The van der Waals surface area contributed by atoms with Crippen LogP contribution in [0.4, 0.5) is 0 Å². The topological polar surface area (TPSA) is 38.7 Å². The average molecular weight is 222 g/mol. The highest BCUT2D eigenvalue weighted by molar-refractivity contribution is 5.56. The Hall–Kier alpha value is -1.22. The summed E-state index contributed by atoms with van der Waals surface area (Å²) in [7, 11) is 3.28. The number of aliphatic hydroxyl groups excluding tert-OH is 1. The third-order valence-electron chi connectivity index (χ3n) is 3.32. The van der Waals surface area contributed by atoms with Gasteiger partial charge in [0.05, 0.1) is 20.3 Å². The molecule has 1 aromatic carbocycles. The molecule has 0 aliphatic heterocycles. The molecular weight excluding hydrogens is 204 g/mol. The Morgan fingerprint density at radius 2 is 1.75 bits per heavy atom. The van der Waals surface area contributed by atoms with Crippen LogP contribution in [0.3, 0.4) is 0 Å². The number of aliphatic hydroxyl groups is 1. The minimum atomic E-state index is -0.463. The van der Waals surface area contributed by atoms with Gasteiger partial charge in [-0.3, -0.25) is 0 Å². The molecule has 0 saturated heterocycles. The van der Waals surface area contributed by atoms with Gasteiger partial charge in [0.25, 0.3) is 0 Å². The molecule has 3 nitrogen and oxygen atoms in total. The van der Waals surface area contributed by atoms with Crippen molar-refractivity contribution in [1.82, 2.24) is 0 Å². The zero-order valence-corrected chi connectivity index (χ0v) is 10.2. The van der Waals surface area contributed by atoms with E-state index in [0.29, 0.717) is 6.42 Å². The van der Waals surface area contributed by atoms with Crippen LogP contribution in [-0.2, 0) is 5.41 Å². The Morgan fingerprint density at radius 1 is 1.19 bits per heavy atom. The summed E-state index contributed by atoms with van der Waals surface area (Å²) in [5, 5.41) is 10.1. The third-order valence-corrected chi connectivity index (χ3v) is 3.32. The quantitative estimate of drug-likeness (QED) is 0.835. The summed E-state index contributed by atoms with van der Waals surface area (Å²) < 4.78 is 10.7. The van der Waals surface area contributed by atoms with Crippen molar-refractivity contribution < 1.29 is 14.6 Å². The van der Waals surface area contributed by atoms with Gasteiger partial charge in [-0.1, -0.05) is 13.8 Å². The molecule has 2 rings (SSSR count). The van der Waals surface area contributed by atoms with Crippen LogP contribution in [-0.4, -0.2) is 19.3 Å². The van der Waals surface area contributed by atoms with Gasteiger partial charge < -0.3 is 14.6 Å². The number of ether oxygens (including phenoxy) is 2. The van der Waals surface area contributed by atoms with Crippen molar-refractivity contribution in [2.24, 2.45) is 0 Å². The van der Waals surface area contributed by atoms with Crippen molar-refractivity contribution in [3.8, 4) is 11.5 Å². The molecule has 3 heteroatoms. The maximum absolute atomic E-state index is 10.1. The smallest absolute Gasteiger partial charge is 0.125 e. The second-order valence-electron chi connectivity index (χ2n) is 4.86. The van der Waals surface area contributed by atoms with E-state index < -0.39 is 6.10 Å². The van der Waals surface area contributed by atoms with Crippen molar-refractivity contribution in [3.63, 3.8) is 0 Å². The Kier molecular flexibility index (Phi) is 2.58. The summed E-state index contributed by atoms with van der Waals surface area (Å²) in [5.41, 5.74) is 1.88. The van der Waals surface area contributed by atoms with Crippen LogP contribution in [0.2, 0.25) is 0 Å². The first kappa shape index (κ1) is 11.3. The van der Waals surface area contributed by atoms with Gasteiger partial charge >= 0.3 is 0 Å². The second-order valence-corrected chi connectivity index (χ2v) is 4.86. The molecule has 0 radical (unpaired) electrons. The van der Waals surface area contributed by atoms with Gasteiger partial charge in [-0.25, -0.2) is 0 Å². The lowest BCUT2D eigenvalue weighted by Crippen LogP contribution is -2.13. The van der Waals surface area contributed by atoms with E-state index in [1.807, 2.05) is 12.1 Å². The maximum atomic E-state index is 10.1. The lowest BCUT2D eigenvalue weighted by atomic mass is 9.86. The molecule has 0 amide bonds. The highest BCUT2D eigenvalue weighted by Gasteiger charge is 2.40. The fourth-order valence-electron chi connectivity index (χ4n) is 2.64. The lowest BCUT2D eigenvalue weighted by molar-refractivity contribution is 0.158. The van der Waals surface area contributed by atoms with E-state index in [-0.39, 0.29) is 5.41 Å². The van der Waals surface area contributed by atoms with E-state index in [0.717, 1.165) is 22.6 Å². The number of methoxy groups -OCH3 is 2. The molecule has 0 unspecified atom stereocenters. The number of rotatable bonds is 2. The second kappa shape index (κ2) is 3.67. The maximum Gasteiger partial charge on any atom is 0.125 e. The molecule has 1 N–H and O–H groups in total. The van der Waals surface area contributed by atoms with E-state index >= 15 is 0 Å². The number of hydrogen-bond acceptors (Lipinski definition) is 3. The first-order valence-corrected chi connectivity index (χ1v) is 5.44. The summed E-state index contributed by atoms with van der Waals surface area (Å²) in [5.74, 6) is 1.58. The van der Waals surface area contributed by atoms with Gasteiger partial charge in [-0.15, -0.1) is 0 Å². The molecule has 88 valence electrons. The largest absolute Gasteiger partial charge is 0.496 e. The van der Waals surface area contributed by atoms with Crippen LogP contribution in [0, 0.1) is 0 Å². The molecule has 0 saturated carbocycles. The van der Waals surface area contributed by atoms with Gasteiger partial charge in [-0.2, -0.15) is 0 Å². The fraction of sp³-hybridized carbons (Fsp3) is 0.538. The fourth-order valence-corrected chi connectivity index (χ4v) is 2.64. The number of hydrogen-bond donors (Lipinski definition) is 1. The minimum absolute atomic E-state index is 0.0748. The molecule has 0 spiro atoms. The summed E-state index contributed by atoms with van der Waals surface area (Å²) in [4.78, 5) is 0. The Balaban J connectivity index is 2.69. The molecule has 1 aliphatic carbocycles. The Bertz CT molecular complexity index is 410. The lowest BCUT2D eigenvalue weighted by Gasteiger charge is -2.21. The summed E-state index contributed by atoms with van der Waals surface area (Å²) >= 11 is 0. The van der Waals surface area contributed by atoms with Crippen LogP contribution >= 0.6 is 0 Å². The van der Waals surface area contributed by atoms with Crippen molar-refractivity contribution in [2.45, 2.75) is 31.8 Å². The van der Waals surface area contributed by atoms with Gasteiger partial charge in [0.2, 0.25) is 0 Å². The zero-order chi connectivity index (χ0) is 11.9. The van der Waals surface area contributed by atoms with E-state index in [1.165, 1.54) is 0 Å². The van der Waals surface area contributed by atoms with E-state index in [9.17, 15) is 5.11 Å². The molecule has 0 heterocycles. The van der Waals surface area contributed by atoms with Crippen molar-refractivity contribution in [3.05, 3.63) is 23.3 Å². The van der Waals surface area contributed by atoms with Crippen LogP contribution in [0.25, 0.3) is 0 Å². The van der Waals surface area contributed by atoms with E-state index in [1.54, 1.807) is 14.2 Å². The zero-order valence-electron chi connectivity index (χ0n) is 10.2. The van der Waals surface area contributed by atoms with Crippen LogP contribution in [0.5, 0.6) is 11.5 Å². The number of benzene rings is 1. The minimum Gasteiger partial charge on any atom is -0.496 e. The van der Waals surface area contributed by atoms with Crippen LogP contribution < -0.4 is 9.47 Å². The molecule has 1 atom stereocenters. The molecular formula is C13H18O3. The predicted octanol–water partition coefficient (Wildman–Crippen LogP) is 2.42. The standard InChI is InChI=1S/C13H18O3/c1-13(2)7-8(14)11-9(15-3)5-6-10(16-4)12(11)13/h5-6,8,14H,7H2,1-4H3/t8-/m0/s1. The Morgan fingerprint density at radius 3 is 2.31 bits per heavy atom. The normalized spacial score (nSPS) is 21.7. The first-order chi connectivity index (χ1) is 7.51. The highest BCUT2D eigenvalue weighted by atomic mass is 16.5. The summed E-state index contributed by atoms with van der Waals surface area (Å²) in [6, 6.07) is 3.75. The SMILES string of the molecule is COc1ccc(OC)c2c1[C@@H](O)CC2(C)C. The van der Waals surface area contributed by atoms with E-state index in [2.05, 4.69) is 13.8 Å². The summed E-state index contributed by atoms with van der Waals surface area (Å²) in [6.07, 6.45) is 0.244. The van der Waals surface area contributed by atoms with Crippen molar-refractivity contribution >= 4 is 0 Å². The molecule has 1 aromatic rings.